The van der Waals surface area contributed by atoms with Crippen LogP contribution in [-0.2, 0) is 27.2 Å². The molecule has 4 aromatic heterocycles. The molecule has 420 valence electrons. The highest BCUT2D eigenvalue weighted by molar-refractivity contribution is 14.1. The van der Waals surface area contributed by atoms with Gasteiger partial charge in [-0.2, -0.15) is 0 Å². The molecule has 2 fully saturated rings. The maximum atomic E-state index is 6.40. The Bertz CT molecular complexity index is 3880. The van der Waals surface area contributed by atoms with Crippen LogP contribution in [0.3, 0.4) is 0 Å². The standard InChI is InChI=1S/C34H33ClN4O.C26H21ClIN3O.C5H11N.C3H3Br/c1-38-23-31(30-21-26(35)9-15-34(30)38)33-20-25(22-36-27-10-12-28(40-2)13-11-27)29-19-24(8-14-32(29)37-33)7-6-18-39-16-4-3-5-17-39;1-31-15-23(22-12-17(27)3-10-26(22)31)25-11-16(21-13-18(28)4-9-24(21)30-25)14-29-19-5-7-20(32-2)8-6-19;1-2-4-6-5-3-1;1-2-3-4/h8-15,19-21,23,36H,3-5,16-18,22H2,1-2H3;3-13,15,29H,14H2,1-2H3;6H,1-5H2;1H,3H2. The van der Waals surface area contributed by atoms with Crippen molar-refractivity contribution < 1.29 is 9.47 Å². The number of alkyl halides is 1. The number of pyridine rings is 2. The number of terminal acetylenes is 1. The molecule has 0 spiro atoms. The predicted octanol–water partition coefficient (Wildman–Crippen LogP) is 16.6. The molecule has 6 aromatic carbocycles. The van der Waals surface area contributed by atoms with E-state index in [0.717, 1.165) is 130 Å². The van der Waals surface area contributed by atoms with Gasteiger partial charge in [0.2, 0.25) is 0 Å². The second kappa shape index (κ2) is 29.5. The van der Waals surface area contributed by atoms with E-state index < -0.39 is 0 Å². The summed E-state index contributed by atoms with van der Waals surface area (Å²) in [6, 6.07) is 45.1. The van der Waals surface area contributed by atoms with Crippen molar-refractivity contribution in [2.24, 2.45) is 14.1 Å². The van der Waals surface area contributed by atoms with Gasteiger partial charge in [0.25, 0.3) is 0 Å². The maximum absolute atomic E-state index is 6.40. The second-order valence-electron chi connectivity index (χ2n) is 20.3. The molecule has 0 unspecified atom stereocenters. The van der Waals surface area contributed by atoms with Crippen LogP contribution in [0.2, 0.25) is 10.0 Å². The van der Waals surface area contributed by atoms with Gasteiger partial charge in [-0.25, -0.2) is 9.97 Å². The number of ether oxygens (including phenoxy) is 2. The minimum atomic E-state index is 0.647. The van der Waals surface area contributed by atoms with E-state index in [4.69, 9.17) is 49.1 Å². The number of nitrogens with zero attached hydrogens (tertiary/aromatic N) is 5. The number of fused-ring (bicyclic) bond motifs is 4. The summed E-state index contributed by atoms with van der Waals surface area (Å²) in [5.74, 6) is 10.8. The van der Waals surface area contributed by atoms with Gasteiger partial charge in [-0.05, 0) is 219 Å². The van der Waals surface area contributed by atoms with Gasteiger partial charge in [0.05, 0.1) is 48.5 Å². The van der Waals surface area contributed by atoms with E-state index in [2.05, 4.69) is 173 Å². The van der Waals surface area contributed by atoms with Gasteiger partial charge in [-0.15, -0.1) is 6.42 Å². The molecule has 0 saturated carbocycles. The summed E-state index contributed by atoms with van der Waals surface area (Å²) in [4.78, 5) is 12.6. The highest BCUT2D eigenvalue weighted by Crippen LogP contribution is 2.36. The molecule has 12 rings (SSSR count). The monoisotopic (exact) mass is 1300 g/mol. The van der Waals surface area contributed by atoms with Gasteiger partial charge < -0.3 is 34.6 Å². The zero-order valence-electron chi connectivity index (χ0n) is 46.9. The first kappa shape index (κ1) is 59.9. The Morgan fingerprint density at radius 2 is 1.10 bits per heavy atom. The van der Waals surface area contributed by atoms with Crippen molar-refractivity contribution in [2.45, 2.75) is 51.6 Å². The molecule has 2 aliphatic heterocycles. The van der Waals surface area contributed by atoms with Gasteiger partial charge in [0.15, 0.2) is 0 Å². The number of aromatic nitrogens is 4. The average Bonchev–Trinajstić information content (AvgIpc) is 4.05. The summed E-state index contributed by atoms with van der Waals surface area (Å²) in [7, 11) is 7.47. The van der Waals surface area contributed by atoms with Crippen LogP contribution < -0.4 is 25.4 Å². The fourth-order valence-electron chi connectivity index (χ4n) is 10.3. The van der Waals surface area contributed by atoms with Crippen LogP contribution in [0.1, 0.15) is 55.2 Å². The molecule has 2 aliphatic rings. The third-order valence-electron chi connectivity index (χ3n) is 14.6. The van der Waals surface area contributed by atoms with Crippen molar-refractivity contribution in [3.63, 3.8) is 0 Å². The number of hydrogen-bond donors (Lipinski definition) is 3. The van der Waals surface area contributed by atoms with Crippen LogP contribution in [0.4, 0.5) is 11.4 Å². The van der Waals surface area contributed by atoms with Crippen LogP contribution in [0.15, 0.2) is 146 Å². The lowest BCUT2D eigenvalue weighted by Gasteiger charge is -2.23. The number of halogens is 4. The number of aryl methyl sites for hydroxylation is 2. The SMILES string of the molecule is C#CCBr.C1CCNCC1.COc1ccc(NCc2cc(-c3cn(C)c4ccc(Cl)cc34)nc3ccc(C#CCN4CCCCC4)cc23)cc1.COc1ccc(NCc2cc(-c3cn(C)c4ccc(Cl)cc34)nc3ccc(I)cc23)cc1. The zero-order chi connectivity index (χ0) is 57.4. The number of anilines is 2. The Labute approximate surface area is 514 Å². The largest absolute Gasteiger partial charge is 0.497 e. The average molecular weight is 1310 g/mol. The molecule has 10 nitrogen and oxygen atoms in total. The molecule has 10 aromatic rings. The summed E-state index contributed by atoms with van der Waals surface area (Å²) >= 11 is 18.1. The Kier molecular flexibility index (Phi) is 21.5. The molecule has 82 heavy (non-hydrogen) atoms. The number of benzene rings is 6. The number of hydrogen-bond acceptors (Lipinski definition) is 8. The smallest absolute Gasteiger partial charge is 0.119 e. The number of piperidine rings is 2. The van der Waals surface area contributed by atoms with Gasteiger partial charge in [-0.1, -0.05) is 69.7 Å². The summed E-state index contributed by atoms with van der Waals surface area (Å²) in [5.41, 5.74) is 13.6. The molecule has 14 heteroatoms. The van der Waals surface area contributed by atoms with Crippen molar-refractivity contribution in [1.29, 1.82) is 0 Å². The van der Waals surface area contributed by atoms with Gasteiger partial charge in [0, 0.05) is 114 Å². The van der Waals surface area contributed by atoms with E-state index in [-0.39, 0.29) is 0 Å². The first-order valence-corrected chi connectivity index (χ1v) is 30.7. The highest BCUT2D eigenvalue weighted by atomic mass is 127. The molecule has 0 radical (unpaired) electrons. The normalized spacial score (nSPS) is 13.1. The van der Waals surface area contributed by atoms with E-state index in [9.17, 15) is 0 Å². The zero-order valence-corrected chi connectivity index (χ0v) is 52.2. The van der Waals surface area contributed by atoms with E-state index in [0.29, 0.717) is 18.4 Å². The molecule has 0 aliphatic carbocycles. The van der Waals surface area contributed by atoms with Gasteiger partial charge in [0.1, 0.15) is 11.5 Å². The Balaban J connectivity index is 0.000000172. The van der Waals surface area contributed by atoms with Crippen molar-refractivity contribution in [3.8, 4) is 58.2 Å². The van der Waals surface area contributed by atoms with Crippen LogP contribution in [-0.4, -0.2) is 76.3 Å². The fourth-order valence-corrected chi connectivity index (χ4v) is 11.2. The first-order valence-electron chi connectivity index (χ1n) is 27.7. The van der Waals surface area contributed by atoms with Crippen molar-refractivity contribution in [1.82, 2.24) is 29.3 Å². The summed E-state index contributed by atoms with van der Waals surface area (Å²) < 4.78 is 16.0. The Morgan fingerprint density at radius 3 is 1.56 bits per heavy atom. The first-order chi connectivity index (χ1) is 40.0. The van der Waals surface area contributed by atoms with Crippen LogP contribution in [0.5, 0.6) is 11.5 Å². The topological polar surface area (TPSA) is 93.4 Å². The van der Waals surface area contributed by atoms with Crippen molar-refractivity contribution in [3.05, 3.63) is 176 Å². The number of rotatable bonds is 11. The van der Waals surface area contributed by atoms with E-state index in [1.807, 2.05) is 72.8 Å². The summed E-state index contributed by atoms with van der Waals surface area (Å²) in [6.07, 6.45) is 17.1. The molecule has 6 heterocycles. The summed E-state index contributed by atoms with van der Waals surface area (Å²) in [5, 5.41) is 17.0. The Morgan fingerprint density at radius 1 is 0.610 bits per heavy atom. The second-order valence-corrected chi connectivity index (χ2v) is 23.0. The van der Waals surface area contributed by atoms with Crippen molar-refractivity contribution in [2.75, 3.05) is 62.9 Å². The van der Waals surface area contributed by atoms with Crippen LogP contribution >= 0.6 is 61.7 Å². The predicted molar refractivity (Wildman–Crippen MR) is 357 cm³/mol. The number of nitrogens with one attached hydrogen (secondary N) is 3. The van der Waals surface area contributed by atoms with E-state index >= 15 is 0 Å². The molecule has 3 N–H and O–H groups in total. The quantitative estimate of drug-likeness (QED) is 0.0670. The van der Waals surface area contributed by atoms with E-state index in [1.54, 1.807) is 14.2 Å². The lowest BCUT2D eigenvalue weighted by atomic mass is 10.0. The van der Waals surface area contributed by atoms with Crippen LogP contribution in [0, 0.1) is 27.8 Å². The number of likely N-dealkylation sites (tertiary alicyclic amines) is 1. The number of methoxy groups -OCH3 is 2. The van der Waals surface area contributed by atoms with Gasteiger partial charge in [-0.3, -0.25) is 4.90 Å². The van der Waals surface area contributed by atoms with Crippen molar-refractivity contribution >= 4 is 117 Å². The molecule has 0 atom stereocenters. The minimum absolute atomic E-state index is 0.647. The minimum Gasteiger partial charge on any atom is -0.497 e. The molecule has 2 saturated heterocycles. The Hall–Kier alpha value is -6.75. The third-order valence-corrected chi connectivity index (χ3v) is 16.1. The molecular formula is C68H68BrCl2IN8O2. The van der Waals surface area contributed by atoms with Crippen LogP contribution in [0.25, 0.3) is 66.1 Å². The van der Waals surface area contributed by atoms with E-state index in [1.165, 1.54) is 60.7 Å². The molecular weight excluding hydrogens is 1240 g/mol. The lowest BCUT2D eigenvalue weighted by molar-refractivity contribution is 0.255. The highest BCUT2D eigenvalue weighted by Gasteiger charge is 2.17. The maximum Gasteiger partial charge on any atom is 0.119 e. The summed E-state index contributed by atoms with van der Waals surface area (Å²) in [6.45, 7) is 6.96. The fraction of sp³-hybridized carbons (Fsp3) is 0.265. The third kappa shape index (κ3) is 15.7. The molecule has 0 amide bonds. The molecule has 0 bridgehead atoms. The van der Waals surface area contributed by atoms with Gasteiger partial charge >= 0.3 is 0 Å². The lowest BCUT2D eigenvalue weighted by Crippen LogP contribution is -2.29.